The summed E-state index contributed by atoms with van der Waals surface area (Å²) in [5, 5.41) is 0. The number of halogens is 2. The second-order valence-corrected chi connectivity index (χ2v) is 5.34. The highest BCUT2D eigenvalue weighted by atomic mass is 32.1. The monoisotopic (exact) mass is 288 g/mol. The van der Waals surface area contributed by atoms with E-state index in [9.17, 15) is 8.78 Å². The molecule has 0 unspecified atom stereocenters. The molecule has 0 fully saturated rings. The van der Waals surface area contributed by atoms with Crippen molar-refractivity contribution in [3.05, 3.63) is 29.8 Å². The Balaban J connectivity index is 2.77. The molecule has 0 heterocycles. The van der Waals surface area contributed by atoms with Gasteiger partial charge in [0.2, 0.25) is 0 Å². The second kappa shape index (κ2) is 7.73. The van der Waals surface area contributed by atoms with Gasteiger partial charge in [0, 0.05) is 11.5 Å². The van der Waals surface area contributed by atoms with Gasteiger partial charge in [0.15, 0.2) is 11.6 Å². The van der Waals surface area contributed by atoms with Gasteiger partial charge in [-0.3, -0.25) is 0 Å². The van der Waals surface area contributed by atoms with Crippen LogP contribution in [-0.4, -0.2) is 12.4 Å². The molecule has 0 aliphatic carbocycles. The smallest absolute Gasteiger partial charge is 0.165 e. The maximum absolute atomic E-state index is 13.5. The zero-order chi connectivity index (χ0) is 14.3. The van der Waals surface area contributed by atoms with Gasteiger partial charge in [0.05, 0.1) is 6.61 Å². The predicted octanol–water partition coefficient (Wildman–Crippen LogP) is 4.86. The molecule has 0 amide bonds. The molecule has 19 heavy (non-hydrogen) atoms. The zero-order valence-corrected chi connectivity index (χ0v) is 12.5. The minimum atomic E-state index is -0.525. The van der Waals surface area contributed by atoms with Crippen molar-refractivity contribution in [2.75, 3.05) is 12.4 Å². The maximum Gasteiger partial charge on any atom is 0.165 e. The van der Waals surface area contributed by atoms with Crippen LogP contribution in [-0.2, 0) is 0 Å². The molecule has 1 aromatic rings. The van der Waals surface area contributed by atoms with E-state index >= 15 is 0 Å². The van der Waals surface area contributed by atoms with Gasteiger partial charge in [-0.15, -0.1) is 0 Å². The quantitative estimate of drug-likeness (QED) is 0.672. The van der Waals surface area contributed by atoms with E-state index in [1.807, 2.05) is 0 Å². The fourth-order valence-electron chi connectivity index (χ4n) is 2.35. The van der Waals surface area contributed by atoms with E-state index < -0.39 is 11.6 Å². The molecular formula is C15H22F2OS. The third kappa shape index (κ3) is 4.68. The van der Waals surface area contributed by atoms with Crippen LogP contribution >= 0.6 is 12.6 Å². The molecular weight excluding hydrogens is 266 g/mol. The summed E-state index contributed by atoms with van der Waals surface area (Å²) in [4.78, 5) is 0. The van der Waals surface area contributed by atoms with E-state index in [0.29, 0.717) is 12.4 Å². The highest BCUT2D eigenvalue weighted by Crippen LogP contribution is 2.32. The van der Waals surface area contributed by atoms with Crippen LogP contribution < -0.4 is 4.74 Å². The summed E-state index contributed by atoms with van der Waals surface area (Å²) < 4.78 is 32.1. The molecule has 0 aliphatic heterocycles. The van der Waals surface area contributed by atoms with Gasteiger partial charge in [-0.25, -0.2) is 8.78 Å². The third-order valence-electron chi connectivity index (χ3n) is 3.32. The standard InChI is InChI=1S/C15H22F2OS/c1-3-7-15(11-19,8-4-2)10-18-14-9-12(16)5-6-13(14)17/h5-6,9,19H,3-4,7-8,10-11H2,1-2H3. The molecule has 1 aromatic carbocycles. The SMILES string of the molecule is CCCC(CS)(CCC)COc1cc(F)ccc1F. The summed E-state index contributed by atoms with van der Waals surface area (Å²) in [6.07, 6.45) is 3.99. The van der Waals surface area contributed by atoms with Gasteiger partial charge in [0.25, 0.3) is 0 Å². The van der Waals surface area contributed by atoms with Crippen LogP contribution in [0.5, 0.6) is 5.75 Å². The molecule has 0 aromatic heterocycles. The highest BCUT2D eigenvalue weighted by Gasteiger charge is 2.28. The summed E-state index contributed by atoms with van der Waals surface area (Å²) in [6.45, 7) is 4.59. The van der Waals surface area contributed by atoms with E-state index in [2.05, 4.69) is 26.5 Å². The Labute approximate surface area is 119 Å². The molecule has 0 N–H and O–H groups in total. The molecule has 0 bridgehead atoms. The van der Waals surface area contributed by atoms with Gasteiger partial charge >= 0.3 is 0 Å². The van der Waals surface area contributed by atoms with E-state index in [1.165, 1.54) is 0 Å². The van der Waals surface area contributed by atoms with Crippen LogP contribution in [0.25, 0.3) is 0 Å². The number of rotatable bonds is 8. The molecule has 0 saturated heterocycles. The molecule has 0 atom stereocenters. The van der Waals surface area contributed by atoms with Crippen LogP contribution in [0.1, 0.15) is 39.5 Å². The minimum absolute atomic E-state index is 0.0154. The summed E-state index contributed by atoms with van der Waals surface area (Å²) in [7, 11) is 0. The summed E-state index contributed by atoms with van der Waals surface area (Å²) in [5.41, 5.74) is -0.0641. The zero-order valence-electron chi connectivity index (χ0n) is 11.6. The first kappa shape index (κ1) is 16.3. The Morgan fingerprint density at radius 1 is 1.16 bits per heavy atom. The van der Waals surface area contributed by atoms with Crippen molar-refractivity contribution in [3.8, 4) is 5.75 Å². The lowest BCUT2D eigenvalue weighted by molar-refractivity contribution is 0.139. The van der Waals surface area contributed by atoms with Crippen molar-refractivity contribution in [3.63, 3.8) is 0 Å². The summed E-state index contributed by atoms with van der Waals surface area (Å²) >= 11 is 4.41. The Kier molecular flexibility index (Phi) is 6.63. The normalized spacial score (nSPS) is 11.6. The van der Waals surface area contributed by atoms with Gasteiger partial charge < -0.3 is 4.74 Å². The molecule has 0 radical (unpaired) electrons. The summed E-state index contributed by atoms with van der Waals surface area (Å²) in [5.74, 6) is -0.342. The molecule has 1 nitrogen and oxygen atoms in total. The Bertz CT molecular complexity index is 390. The average Bonchev–Trinajstić information content (AvgIpc) is 2.40. The average molecular weight is 288 g/mol. The van der Waals surface area contributed by atoms with Gasteiger partial charge in [-0.1, -0.05) is 26.7 Å². The number of benzene rings is 1. The van der Waals surface area contributed by atoms with Crippen LogP contribution in [0.15, 0.2) is 18.2 Å². The van der Waals surface area contributed by atoms with Gasteiger partial charge in [-0.2, -0.15) is 12.6 Å². The number of hydrogen-bond donors (Lipinski definition) is 1. The van der Waals surface area contributed by atoms with Crippen molar-refractivity contribution in [2.24, 2.45) is 5.41 Å². The fourth-order valence-corrected chi connectivity index (χ4v) is 2.76. The second-order valence-electron chi connectivity index (χ2n) is 5.02. The molecule has 0 saturated carbocycles. The first-order chi connectivity index (χ1) is 9.06. The lowest BCUT2D eigenvalue weighted by Crippen LogP contribution is -2.30. The van der Waals surface area contributed by atoms with Gasteiger partial charge in [0.1, 0.15) is 5.82 Å². The molecule has 4 heteroatoms. The first-order valence-electron chi connectivity index (χ1n) is 6.75. The van der Waals surface area contributed by atoms with E-state index in [0.717, 1.165) is 43.9 Å². The summed E-state index contributed by atoms with van der Waals surface area (Å²) in [6, 6.07) is 3.27. The number of ether oxygens (including phenoxy) is 1. The Morgan fingerprint density at radius 2 is 1.79 bits per heavy atom. The van der Waals surface area contributed by atoms with Crippen LogP contribution in [0.4, 0.5) is 8.78 Å². The Morgan fingerprint density at radius 3 is 2.32 bits per heavy atom. The van der Waals surface area contributed by atoms with Crippen molar-refractivity contribution in [1.82, 2.24) is 0 Å². The van der Waals surface area contributed by atoms with Crippen LogP contribution in [0, 0.1) is 17.0 Å². The van der Waals surface area contributed by atoms with E-state index in [4.69, 9.17) is 4.74 Å². The van der Waals surface area contributed by atoms with Crippen molar-refractivity contribution < 1.29 is 13.5 Å². The van der Waals surface area contributed by atoms with E-state index in [-0.39, 0.29) is 11.2 Å². The van der Waals surface area contributed by atoms with Crippen molar-refractivity contribution in [2.45, 2.75) is 39.5 Å². The predicted molar refractivity (Wildman–Crippen MR) is 78.0 cm³/mol. The van der Waals surface area contributed by atoms with Crippen molar-refractivity contribution in [1.29, 1.82) is 0 Å². The lowest BCUT2D eigenvalue weighted by Gasteiger charge is -2.31. The first-order valence-corrected chi connectivity index (χ1v) is 7.39. The number of thiol groups is 1. The minimum Gasteiger partial charge on any atom is -0.490 e. The Hall–Kier alpha value is -0.770. The topological polar surface area (TPSA) is 9.23 Å². The van der Waals surface area contributed by atoms with Crippen molar-refractivity contribution >= 4 is 12.6 Å². The molecule has 0 aliphatic rings. The fraction of sp³-hybridized carbons (Fsp3) is 0.600. The molecule has 1 rings (SSSR count). The number of hydrogen-bond acceptors (Lipinski definition) is 2. The maximum atomic E-state index is 13.5. The van der Waals surface area contributed by atoms with E-state index in [1.54, 1.807) is 0 Å². The lowest BCUT2D eigenvalue weighted by atomic mass is 9.82. The van der Waals surface area contributed by atoms with Crippen LogP contribution in [0.2, 0.25) is 0 Å². The molecule has 0 spiro atoms. The molecule has 108 valence electrons. The third-order valence-corrected chi connectivity index (χ3v) is 3.99. The van der Waals surface area contributed by atoms with Gasteiger partial charge in [-0.05, 0) is 30.7 Å². The van der Waals surface area contributed by atoms with Crippen LogP contribution in [0.3, 0.4) is 0 Å². The highest BCUT2D eigenvalue weighted by molar-refractivity contribution is 7.80. The largest absolute Gasteiger partial charge is 0.490 e.